The Morgan fingerprint density at radius 1 is 1.30 bits per heavy atom. The molecule has 0 bridgehead atoms. The standard InChI is InChI=1S/C15H23ClN2O2/c16-13-5-4-12(20-13)14(18-17)11-6-9-19-15(10-11)7-2-1-3-8-15/h4-5,11,14,18H,1-3,6-10,17H2. The number of hydrogen-bond acceptors (Lipinski definition) is 4. The number of rotatable bonds is 3. The van der Waals surface area contributed by atoms with Crippen LogP contribution in [0.15, 0.2) is 16.5 Å². The number of nitrogens with one attached hydrogen (secondary N) is 1. The van der Waals surface area contributed by atoms with Crippen LogP contribution in [-0.2, 0) is 4.74 Å². The molecule has 2 unspecified atom stereocenters. The molecule has 1 saturated carbocycles. The minimum atomic E-state index is 0.0187. The average Bonchev–Trinajstić information content (AvgIpc) is 2.87. The van der Waals surface area contributed by atoms with E-state index >= 15 is 0 Å². The van der Waals surface area contributed by atoms with E-state index in [-0.39, 0.29) is 11.6 Å². The molecule has 0 radical (unpaired) electrons. The molecular formula is C15H23ClN2O2. The van der Waals surface area contributed by atoms with Crippen LogP contribution in [0.5, 0.6) is 0 Å². The second-order valence-corrected chi connectivity index (χ2v) is 6.50. The summed E-state index contributed by atoms with van der Waals surface area (Å²) < 4.78 is 11.7. The van der Waals surface area contributed by atoms with Gasteiger partial charge in [-0.25, -0.2) is 5.43 Å². The number of halogens is 1. The van der Waals surface area contributed by atoms with Crippen LogP contribution in [0, 0.1) is 5.92 Å². The minimum absolute atomic E-state index is 0.0187. The lowest BCUT2D eigenvalue weighted by Gasteiger charge is -2.45. The molecule has 4 nitrogen and oxygen atoms in total. The van der Waals surface area contributed by atoms with Crippen molar-refractivity contribution in [2.75, 3.05) is 6.61 Å². The maximum absolute atomic E-state index is 6.15. The van der Waals surface area contributed by atoms with Gasteiger partial charge in [-0.05, 0) is 55.3 Å². The highest BCUT2D eigenvalue weighted by Gasteiger charge is 2.41. The first-order chi connectivity index (χ1) is 9.72. The van der Waals surface area contributed by atoms with Gasteiger partial charge in [0.15, 0.2) is 5.22 Å². The fraction of sp³-hybridized carbons (Fsp3) is 0.733. The topological polar surface area (TPSA) is 60.4 Å². The van der Waals surface area contributed by atoms with E-state index < -0.39 is 0 Å². The highest BCUT2D eigenvalue weighted by Crippen LogP contribution is 2.44. The summed E-state index contributed by atoms with van der Waals surface area (Å²) >= 11 is 5.88. The summed E-state index contributed by atoms with van der Waals surface area (Å²) in [5.41, 5.74) is 2.99. The summed E-state index contributed by atoms with van der Waals surface area (Å²) in [6.45, 7) is 0.817. The predicted molar refractivity (Wildman–Crippen MR) is 78.3 cm³/mol. The zero-order chi connectivity index (χ0) is 14.0. The Morgan fingerprint density at radius 3 is 2.75 bits per heavy atom. The van der Waals surface area contributed by atoms with E-state index in [4.69, 9.17) is 26.6 Å². The molecule has 1 aromatic rings. The summed E-state index contributed by atoms with van der Waals surface area (Å²) in [6, 6.07) is 3.71. The molecule has 1 aliphatic carbocycles. The minimum Gasteiger partial charge on any atom is -0.448 e. The maximum Gasteiger partial charge on any atom is 0.193 e. The molecule has 1 spiro atoms. The zero-order valence-corrected chi connectivity index (χ0v) is 12.5. The smallest absolute Gasteiger partial charge is 0.193 e. The van der Waals surface area contributed by atoms with Gasteiger partial charge in [-0.3, -0.25) is 5.84 Å². The molecule has 20 heavy (non-hydrogen) atoms. The van der Waals surface area contributed by atoms with Gasteiger partial charge < -0.3 is 9.15 Å². The molecule has 112 valence electrons. The quantitative estimate of drug-likeness (QED) is 0.661. The zero-order valence-electron chi connectivity index (χ0n) is 11.7. The molecule has 2 heterocycles. The molecule has 3 N–H and O–H groups in total. The molecule has 0 aromatic carbocycles. The number of ether oxygens (including phenoxy) is 1. The molecule has 2 aliphatic rings. The van der Waals surface area contributed by atoms with Gasteiger partial charge in [0.05, 0.1) is 11.6 Å². The van der Waals surface area contributed by atoms with E-state index in [0.29, 0.717) is 11.1 Å². The highest BCUT2D eigenvalue weighted by molar-refractivity contribution is 6.28. The first-order valence-electron chi connectivity index (χ1n) is 7.58. The van der Waals surface area contributed by atoms with E-state index in [2.05, 4.69) is 5.43 Å². The van der Waals surface area contributed by atoms with Crippen LogP contribution in [0.4, 0.5) is 0 Å². The van der Waals surface area contributed by atoms with Crippen LogP contribution >= 0.6 is 11.6 Å². The molecule has 5 heteroatoms. The monoisotopic (exact) mass is 298 g/mol. The van der Waals surface area contributed by atoms with Crippen molar-refractivity contribution in [3.63, 3.8) is 0 Å². The number of hydrazine groups is 1. The van der Waals surface area contributed by atoms with E-state index in [1.807, 2.05) is 6.07 Å². The van der Waals surface area contributed by atoms with Crippen molar-refractivity contribution in [2.24, 2.45) is 11.8 Å². The summed E-state index contributed by atoms with van der Waals surface area (Å²) in [6.07, 6.45) is 8.32. The summed E-state index contributed by atoms with van der Waals surface area (Å²) in [5, 5.41) is 0.416. The Balaban J connectivity index is 1.74. The van der Waals surface area contributed by atoms with Crippen LogP contribution in [-0.4, -0.2) is 12.2 Å². The fourth-order valence-electron chi connectivity index (χ4n) is 3.84. The van der Waals surface area contributed by atoms with E-state index in [1.54, 1.807) is 6.07 Å². The van der Waals surface area contributed by atoms with E-state index in [1.165, 1.54) is 32.1 Å². The van der Waals surface area contributed by atoms with Gasteiger partial charge in [-0.2, -0.15) is 0 Å². The number of nitrogens with two attached hydrogens (primary N) is 1. The average molecular weight is 299 g/mol. The second-order valence-electron chi connectivity index (χ2n) is 6.13. The Bertz CT molecular complexity index is 437. The van der Waals surface area contributed by atoms with Gasteiger partial charge in [0.25, 0.3) is 0 Å². The van der Waals surface area contributed by atoms with Crippen molar-refractivity contribution in [3.8, 4) is 0 Å². The van der Waals surface area contributed by atoms with Gasteiger partial charge in [0.1, 0.15) is 5.76 Å². The van der Waals surface area contributed by atoms with Gasteiger partial charge in [0, 0.05) is 6.61 Å². The Morgan fingerprint density at radius 2 is 2.10 bits per heavy atom. The first kappa shape index (κ1) is 14.4. The molecule has 0 amide bonds. The van der Waals surface area contributed by atoms with Gasteiger partial charge >= 0.3 is 0 Å². The Labute approximate surface area is 125 Å². The molecule has 2 atom stereocenters. The third-order valence-electron chi connectivity index (χ3n) is 4.85. The summed E-state index contributed by atoms with van der Waals surface area (Å²) in [7, 11) is 0. The van der Waals surface area contributed by atoms with Gasteiger partial charge in [-0.1, -0.05) is 19.3 Å². The summed E-state index contributed by atoms with van der Waals surface area (Å²) in [5.74, 6) is 7.04. The Hall–Kier alpha value is -0.550. The third kappa shape index (κ3) is 2.89. The normalized spacial score (nSPS) is 27.6. The van der Waals surface area contributed by atoms with Crippen molar-refractivity contribution in [1.29, 1.82) is 0 Å². The van der Waals surface area contributed by atoms with Crippen molar-refractivity contribution in [1.82, 2.24) is 5.43 Å². The summed E-state index contributed by atoms with van der Waals surface area (Å²) in [4.78, 5) is 0. The van der Waals surface area contributed by atoms with Gasteiger partial charge in [0.2, 0.25) is 0 Å². The Kier molecular flexibility index (Phi) is 4.36. The predicted octanol–water partition coefficient (Wildman–Crippen LogP) is 3.57. The molecule has 3 rings (SSSR count). The molecule has 1 aromatic heterocycles. The lowest BCUT2D eigenvalue weighted by Crippen LogP contribution is -2.45. The third-order valence-corrected chi connectivity index (χ3v) is 5.05. The van der Waals surface area contributed by atoms with E-state index in [9.17, 15) is 0 Å². The molecular weight excluding hydrogens is 276 g/mol. The van der Waals surface area contributed by atoms with Crippen molar-refractivity contribution in [2.45, 2.75) is 56.6 Å². The molecule has 2 fully saturated rings. The van der Waals surface area contributed by atoms with Crippen LogP contribution in [0.25, 0.3) is 0 Å². The largest absolute Gasteiger partial charge is 0.448 e. The van der Waals surface area contributed by atoms with Crippen molar-refractivity contribution < 1.29 is 9.15 Å². The lowest BCUT2D eigenvalue weighted by atomic mass is 9.74. The number of furan rings is 1. The van der Waals surface area contributed by atoms with Crippen LogP contribution in [0.2, 0.25) is 5.22 Å². The van der Waals surface area contributed by atoms with E-state index in [0.717, 1.165) is 25.2 Å². The van der Waals surface area contributed by atoms with Crippen LogP contribution in [0.1, 0.15) is 56.7 Å². The van der Waals surface area contributed by atoms with Crippen LogP contribution < -0.4 is 11.3 Å². The SMILES string of the molecule is NNC(c1ccc(Cl)o1)C1CCOC2(CCCCC2)C1. The maximum atomic E-state index is 6.15. The second kappa shape index (κ2) is 6.06. The number of hydrogen-bond donors (Lipinski definition) is 2. The van der Waals surface area contributed by atoms with Crippen LogP contribution in [0.3, 0.4) is 0 Å². The van der Waals surface area contributed by atoms with Gasteiger partial charge in [-0.15, -0.1) is 0 Å². The fourth-order valence-corrected chi connectivity index (χ4v) is 3.99. The van der Waals surface area contributed by atoms with Crippen molar-refractivity contribution >= 4 is 11.6 Å². The first-order valence-corrected chi connectivity index (χ1v) is 7.96. The lowest BCUT2D eigenvalue weighted by molar-refractivity contribution is -0.122. The van der Waals surface area contributed by atoms with Crippen molar-refractivity contribution in [3.05, 3.63) is 23.1 Å². The highest BCUT2D eigenvalue weighted by atomic mass is 35.5. The molecule has 1 saturated heterocycles. The molecule has 1 aliphatic heterocycles.